The van der Waals surface area contributed by atoms with Crippen LogP contribution in [0.15, 0.2) is 47.5 Å². The van der Waals surface area contributed by atoms with Gasteiger partial charge in [0.25, 0.3) is 5.91 Å². The molecular weight excluding hydrogens is 388 g/mol. The molecule has 0 aromatic heterocycles. The summed E-state index contributed by atoms with van der Waals surface area (Å²) in [6.07, 6.45) is 1.65. The number of nitrogens with one attached hydrogen (secondary N) is 2. The molecule has 1 saturated heterocycles. The van der Waals surface area contributed by atoms with Gasteiger partial charge in [0, 0.05) is 50.7 Å². The summed E-state index contributed by atoms with van der Waals surface area (Å²) in [4.78, 5) is 18.9. The van der Waals surface area contributed by atoms with Gasteiger partial charge in [0.05, 0.1) is 23.5 Å². The van der Waals surface area contributed by atoms with Crippen molar-refractivity contribution in [2.45, 2.75) is 24.9 Å². The number of ether oxygens (including phenoxy) is 1. The molecule has 7 heteroatoms. The largest absolute Gasteiger partial charge is 0.381 e. The fourth-order valence-electron chi connectivity index (χ4n) is 3.79. The van der Waals surface area contributed by atoms with Crippen molar-refractivity contribution in [3.63, 3.8) is 0 Å². The Balaban J connectivity index is 1.68. The molecule has 0 unspecified atom stereocenters. The first-order chi connectivity index (χ1) is 14.0. The van der Waals surface area contributed by atoms with Gasteiger partial charge in [-0.2, -0.15) is 0 Å². The maximum Gasteiger partial charge on any atom is 0.253 e. The zero-order valence-corrected chi connectivity index (χ0v) is 17.4. The van der Waals surface area contributed by atoms with Gasteiger partial charge in [-0.05, 0) is 35.9 Å². The summed E-state index contributed by atoms with van der Waals surface area (Å²) >= 11 is 6.12. The van der Waals surface area contributed by atoms with Crippen molar-refractivity contribution in [3.05, 3.63) is 58.6 Å². The molecule has 2 aromatic carbocycles. The highest BCUT2D eigenvalue weighted by atomic mass is 35.5. The molecule has 1 amide bonds. The van der Waals surface area contributed by atoms with E-state index in [-0.39, 0.29) is 11.4 Å². The second kappa shape index (κ2) is 8.05. The van der Waals surface area contributed by atoms with Crippen LogP contribution in [0.3, 0.4) is 0 Å². The lowest BCUT2D eigenvalue weighted by Gasteiger charge is -2.43. The second-order valence-corrected chi connectivity index (χ2v) is 8.14. The Hall–Kier alpha value is -2.57. The van der Waals surface area contributed by atoms with Gasteiger partial charge >= 0.3 is 0 Å². The number of amidine groups is 1. The summed E-state index contributed by atoms with van der Waals surface area (Å²) in [6.45, 7) is 1.88. The van der Waals surface area contributed by atoms with Crippen molar-refractivity contribution in [1.29, 1.82) is 0 Å². The van der Waals surface area contributed by atoms with Crippen LogP contribution >= 0.6 is 11.6 Å². The third-order valence-corrected chi connectivity index (χ3v) is 5.64. The summed E-state index contributed by atoms with van der Waals surface area (Å²) in [5.41, 5.74) is 3.23. The van der Waals surface area contributed by atoms with Crippen LogP contribution in [-0.2, 0) is 11.3 Å². The molecule has 2 aromatic rings. The fraction of sp³-hybridized carbons (Fsp3) is 0.364. The van der Waals surface area contributed by atoms with Gasteiger partial charge in [-0.1, -0.05) is 23.7 Å². The first kappa shape index (κ1) is 19.7. The van der Waals surface area contributed by atoms with Crippen molar-refractivity contribution in [3.8, 4) is 0 Å². The van der Waals surface area contributed by atoms with Crippen molar-refractivity contribution < 1.29 is 9.53 Å². The zero-order chi connectivity index (χ0) is 20.4. The molecule has 2 heterocycles. The smallest absolute Gasteiger partial charge is 0.253 e. The first-order valence-corrected chi connectivity index (χ1v) is 10.1. The number of amides is 1. The molecule has 1 spiro atoms. The Morgan fingerprint density at radius 3 is 2.69 bits per heavy atom. The van der Waals surface area contributed by atoms with Crippen molar-refractivity contribution in [2.75, 3.05) is 37.9 Å². The van der Waals surface area contributed by atoms with Gasteiger partial charge in [-0.3, -0.25) is 9.79 Å². The predicted molar refractivity (Wildman–Crippen MR) is 117 cm³/mol. The minimum absolute atomic E-state index is 0.0293. The second-order valence-electron chi connectivity index (χ2n) is 7.70. The van der Waals surface area contributed by atoms with E-state index in [1.807, 2.05) is 42.5 Å². The van der Waals surface area contributed by atoms with Gasteiger partial charge in [-0.25, -0.2) is 0 Å². The highest BCUT2D eigenvalue weighted by Crippen LogP contribution is 2.37. The maximum absolute atomic E-state index is 12.4. The number of halogens is 1. The van der Waals surface area contributed by atoms with E-state index < -0.39 is 0 Å². The molecule has 0 aliphatic carbocycles. The number of carbonyl (C=O) groups excluding carboxylic acids is 1. The number of nitrogens with zero attached hydrogens (tertiary/aromatic N) is 2. The Bertz CT molecular complexity index is 952. The zero-order valence-electron chi connectivity index (χ0n) is 16.7. The molecule has 1 fully saturated rings. The molecule has 0 bridgehead atoms. The Morgan fingerprint density at radius 2 is 1.97 bits per heavy atom. The molecule has 6 nitrogen and oxygen atoms in total. The number of hydrogen-bond acceptors (Lipinski definition) is 4. The monoisotopic (exact) mass is 412 g/mol. The maximum atomic E-state index is 12.4. The lowest BCUT2D eigenvalue weighted by Crippen LogP contribution is -2.55. The van der Waals surface area contributed by atoms with Gasteiger partial charge in [0.1, 0.15) is 5.84 Å². The fourth-order valence-corrected chi connectivity index (χ4v) is 4.00. The van der Waals surface area contributed by atoms with Gasteiger partial charge in [0.15, 0.2) is 0 Å². The highest BCUT2D eigenvalue weighted by molar-refractivity contribution is 6.30. The highest BCUT2D eigenvalue weighted by Gasteiger charge is 2.41. The normalized spacial score (nSPS) is 18.7. The third kappa shape index (κ3) is 4.09. The Labute approximate surface area is 175 Å². The van der Waals surface area contributed by atoms with Crippen LogP contribution in [0.25, 0.3) is 0 Å². The van der Waals surface area contributed by atoms with Crippen LogP contribution in [-0.4, -0.2) is 49.5 Å². The average molecular weight is 413 g/mol. The van der Waals surface area contributed by atoms with Crippen LogP contribution in [0.4, 0.5) is 11.4 Å². The van der Waals surface area contributed by atoms with E-state index in [4.69, 9.17) is 21.3 Å². The van der Waals surface area contributed by atoms with Gasteiger partial charge in [0.2, 0.25) is 0 Å². The molecule has 2 aliphatic rings. The van der Waals surface area contributed by atoms with Crippen LogP contribution in [0.2, 0.25) is 5.02 Å². The predicted octanol–water partition coefficient (Wildman–Crippen LogP) is 4.03. The minimum atomic E-state index is -0.295. The number of hydrogen-bond donors (Lipinski definition) is 2. The lowest BCUT2D eigenvalue weighted by atomic mass is 9.85. The average Bonchev–Trinajstić information content (AvgIpc) is 2.72. The van der Waals surface area contributed by atoms with E-state index in [0.29, 0.717) is 30.3 Å². The molecule has 152 valence electrons. The van der Waals surface area contributed by atoms with Crippen molar-refractivity contribution >= 4 is 34.7 Å². The lowest BCUT2D eigenvalue weighted by molar-refractivity contribution is 0.0778. The number of anilines is 2. The van der Waals surface area contributed by atoms with Gasteiger partial charge in [-0.15, -0.1) is 0 Å². The summed E-state index contributed by atoms with van der Waals surface area (Å²) < 4.78 is 5.60. The summed E-state index contributed by atoms with van der Waals surface area (Å²) in [6, 6.07) is 13.4. The molecule has 0 radical (unpaired) electrons. The van der Waals surface area contributed by atoms with Crippen molar-refractivity contribution in [1.82, 2.24) is 4.90 Å². The van der Waals surface area contributed by atoms with Crippen LogP contribution < -0.4 is 10.6 Å². The van der Waals surface area contributed by atoms with E-state index in [0.717, 1.165) is 35.6 Å². The SMILES string of the molecule is CN(C)C(=O)c1ccc2c(c1)NC(=NCc1cccc(Cl)c1)C1(CCOCC1)N2. The van der Waals surface area contributed by atoms with Crippen molar-refractivity contribution in [2.24, 2.45) is 4.99 Å². The van der Waals surface area contributed by atoms with E-state index >= 15 is 0 Å². The first-order valence-electron chi connectivity index (χ1n) is 9.75. The molecule has 2 aliphatic heterocycles. The Kier molecular flexibility index (Phi) is 5.48. The molecular formula is C22H25ClN4O2. The van der Waals surface area contributed by atoms with Crippen LogP contribution in [0.1, 0.15) is 28.8 Å². The van der Waals surface area contributed by atoms with E-state index in [9.17, 15) is 4.79 Å². The molecule has 0 saturated carbocycles. The number of benzene rings is 2. The van der Waals surface area contributed by atoms with E-state index in [1.54, 1.807) is 19.0 Å². The third-order valence-electron chi connectivity index (χ3n) is 5.41. The molecule has 0 atom stereocenters. The molecule has 2 N–H and O–H groups in total. The standard InChI is InChI=1S/C22H25ClN4O2/c1-27(2)20(28)16-6-7-18-19(13-16)25-21(22(26-18)8-10-29-11-9-22)24-14-15-4-3-5-17(23)12-15/h3-7,12-13,26H,8-11,14H2,1-2H3,(H,24,25). The Morgan fingerprint density at radius 1 is 1.17 bits per heavy atom. The summed E-state index contributed by atoms with van der Waals surface area (Å²) in [5, 5.41) is 7.89. The minimum Gasteiger partial charge on any atom is -0.381 e. The number of aliphatic imine (C=N–C) groups is 1. The van der Waals surface area contributed by atoms with Crippen LogP contribution in [0.5, 0.6) is 0 Å². The number of rotatable bonds is 3. The molecule has 29 heavy (non-hydrogen) atoms. The van der Waals surface area contributed by atoms with E-state index in [1.165, 1.54) is 0 Å². The topological polar surface area (TPSA) is 66.0 Å². The number of carbonyl (C=O) groups is 1. The summed E-state index contributed by atoms with van der Waals surface area (Å²) in [5.74, 6) is 0.848. The number of fused-ring (bicyclic) bond motifs is 1. The summed E-state index contributed by atoms with van der Waals surface area (Å²) in [7, 11) is 3.50. The molecule has 4 rings (SSSR count). The quantitative estimate of drug-likeness (QED) is 0.798. The van der Waals surface area contributed by atoms with E-state index in [2.05, 4.69) is 10.6 Å². The van der Waals surface area contributed by atoms with Crippen LogP contribution in [0, 0.1) is 0 Å². The van der Waals surface area contributed by atoms with Gasteiger partial charge < -0.3 is 20.3 Å².